The van der Waals surface area contributed by atoms with E-state index in [1.807, 2.05) is 0 Å². The first-order chi connectivity index (χ1) is 2.93. The van der Waals surface area contributed by atoms with Crippen LogP contribution >= 0.6 is 8.58 Å². The van der Waals surface area contributed by atoms with E-state index in [1.165, 1.54) is 19.3 Å². The van der Waals surface area contributed by atoms with Crippen molar-refractivity contribution in [1.82, 2.24) is 0 Å². The molecule has 0 unspecified atom stereocenters. The summed E-state index contributed by atoms with van der Waals surface area (Å²) in [5, 5.41) is 0. The third kappa shape index (κ3) is 0.733. The molecule has 1 aliphatic carbocycles. The van der Waals surface area contributed by atoms with Gasteiger partial charge in [-0.15, -0.1) is 0 Å². The molecule has 35 valence electrons. The monoisotopic (exact) mass is 101 g/mol. The summed E-state index contributed by atoms with van der Waals surface area (Å²) in [6.45, 7) is 2.25. The van der Waals surface area contributed by atoms with E-state index in [9.17, 15) is 0 Å². The van der Waals surface area contributed by atoms with Crippen molar-refractivity contribution in [2.24, 2.45) is 0 Å². The lowest BCUT2D eigenvalue weighted by molar-refractivity contribution is 0.519. The van der Waals surface area contributed by atoms with Crippen LogP contribution in [0.1, 0.15) is 19.3 Å². The maximum atomic E-state index is 2.25. The number of rotatable bonds is 1. The lowest BCUT2D eigenvalue weighted by atomic mass is 10.00. The lowest BCUT2D eigenvalue weighted by Crippen LogP contribution is -2.10. The molecule has 0 aromatic heterocycles. The van der Waals surface area contributed by atoms with Crippen molar-refractivity contribution >= 4 is 8.58 Å². The highest BCUT2D eigenvalue weighted by Crippen LogP contribution is 2.32. The predicted octanol–water partition coefficient (Wildman–Crippen LogP) is 2.11. The van der Waals surface area contributed by atoms with Gasteiger partial charge in [-0.3, -0.25) is 0 Å². The molecule has 0 bridgehead atoms. The van der Waals surface area contributed by atoms with E-state index in [4.69, 9.17) is 0 Å². The topological polar surface area (TPSA) is 0 Å². The van der Waals surface area contributed by atoms with E-state index in [0.29, 0.717) is 0 Å². The van der Waals surface area contributed by atoms with Crippen molar-refractivity contribution < 1.29 is 0 Å². The molecule has 1 fully saturated rings. The van der Waals surface area contributed by atoms with Crippen LogP contribution in [0.5, 0.6) is 0 Å². The predicted molar refractivity (Wildman–Crippen MR) is 30.5 cm³/mol. The molecule has 0 heterocycles. The van der Waals surface area contributed by atoms with Crippen LogP contribution in [0.4, 0.5) is 0 Å². The number of hydrogen-bond acceptors (Lipinski definition) is 0. The van der Waals surface area contributed by atoms with Gasteiger partial charge in [0.25, 0.3) is 0 Å². The van der Waals surface area contributed by atoms with Gasteiger partial charge in [0.15, 0.2) is 0 Å². The van der Waals surface area contributed by atoms with Crippen molar-refractivity contribution in [2.45, 2.75) is 24.9 Å². The molecule has 0 spiro atoms. The van der Waals surface area contributed by atoms with Gasteiger partial charge in [-0.2, -0.15) is 0 Å². The van der Waals surface area contributed by atoms with Crippen molar-refractivity contribution in [1.29, 1.82) is 0 Å². The Kier molecular flexibility index (Phi) is 1.48. The maximum Gasteiger partial charge on any atom is -0.0173 e. The fourth-order valence-corrected chi connectivity index (χ4v) is 1.53. The first kappa shape index (κ1) is 4.59. The smallest absolute Gasteiger partial charge is 0.0173 e. The van der Waals surface area contributed by atoms with Crippen molar-refractivity contribution in [3.63, 3.8) is 0 Å². The SMILES string of the molecule is C[P]C1CCC1. The summed E-state index contributed by atoms with van der Waals surface area (Å²) in [7, 11) is 1.61. The Hall–Kier alpha value is 0.430. The second kappa shape index (κ2) is 1.93. The number of hydrogen-bond donors (Lipinski definition) is 0. The van der Waals surface area contributed by atoms with E-state index < -0.39 is 0 Å². The van der Waals surface area contributed by atoms with Gasteiger partial charge in [0.1, 0.15) is 0 Å². The molecule has 0 aromatic carbocycles. The summed E-state index contributed by atoms with van der Waals surface area (Å²) in [6, 6.07) is 0. The van der Waals surface area contributed by atoms with Crippen LogP contribution in [0.3, 0.4) is 0 Å². The molecular weight excluding hydrogens is 91.0 g/mol. The molecule has 0 atom stereocenters. The van der Waals surface area contributed by atoms with Gasteiger partial charge in [0.2, 0.25) is 0 Å². The molecule has 1 saturated carbocycles. The second-order valence-electron chi connectivity index (χ2n) is 1.84. The zero-order chi connectivity index (χ0) is 4.41. The molecule has 0 aromatic rings. The van der Waals surface area contributed by atoms with Gasteiger partial charge in [-0.05, 0) is 25.2 Å². The average Bonchev–Trinajstić information content (AvgIpc) is 1.31. The molecular formula is C5H10P. The Morgan fingerprint density at radius 3 is 2.17 bits per heavy atom. The van der Waals surface area contributed by atoms with Crippen molar-refractivity contribution in [3.05, 3.63) is 0 Å². The van der Waals surface area contributed by atoms with Crippen LogP contribution < -0.4 is 0 Å². The van der Waals surface area contributed by atoms with E-state index in [1.54, 1.807) is 8.58 Å². The summed E-state index contributed by atoms with van der Waals surface area (Å²) in [6.07, 6.45) is 4.49. The van der Waals surface area contributed by atoms with E-state index in [2.05, 4.69) is 6.66 Å². The fraction of sp³-hybridized carbons (Fsp3) is 1.00. The summed E-state index contributed by atoms with van der Waals surface area (Å²) in [4.78, 5) is 0. The van der Waals surface area contributed by atoms with Crippen LogP contribution in [-0.2, 0) is 0 Å². The molecule has 1 rings (SSSR count). The van der Waals surface area contributed by atoms with Gasteiger partial charge >= 0.3 is 0 Å². The highest BCUT2D eigenvalue weighted by Gasteiger charge is 2.14. The van der Waals surface area contributed by atoms with Gasteiger partial charge < -0.3 is 0 Å². The molecule has 0 aliphatic heterocycles. The Labute approximate surface area is 41.1 Å². The summed E-state index contributed by atoms with van der Waals surface area (Å²) >= 11 is 0. The summed E-state index contributed by atoms with van der Waals surface area (Å²) < 4.78 is 0. The van der Waals surface area contributed by atoms with E-state index in [-0.39, 0.29) is 0 Å². The molecule has 6 heavy (non-hydrogen) atoms. The largest absolute Gasteiger partial charge is 0.0810 e. The Morgan fingerprint density at radius 1 is 1.50 bits per heavy atom. The Bertz CT molecular complexity index is 36.4. The van der Waals surface area contributed by atoms with Crippen LogP contribution in [0.2, 0.25) is 0 Å². The zero-order valence-corrected chi connectivity index (χ0v) is 5.04. The highest BCUT2D eigenvalue weighted by atomic mass is 31.1. The lowest BCUT2D eigenvalue weighted by Gasteiger charge is -2.22. The Morgan fingerprint density at radius 2 is 2.17 bits per heavy atom. The maximum absolute atomic E-state index is 2.25. The minimum Gasteiger partial charge on any atom is -0.0810 e. The first-order valence-corrected chi connectivity index (χ1v) is 3.93. The second-order valence-corrected chi connectivity index (χ2v) is 3.09. The molecule has 1 aliphatic rings. The van der Waals surface area contributed by atoms with Gasteiger partial charge in [-0.25, -0.2) is 0 Å². The minimum atomic E-state index is 1.09. The van der Waals surface area contributed by atoms with Crippen molar-refractivity contribution in [3.8, 4) is 0 Å². The third-order valence-electron chi connectivity index (χ3n) is 1.44. The van der Waals surface area contributed by atoms with Crippen LogP contribution in [-0.4, -0.2) is 12.3 Å². The molecule has 0 amide bonds. The van der Waals surface area contributed by atoms with Crippen molar-refractivity contribution in [2.75, 3.05) is 6.66 Å². The van der Waals surface area contributed by atoms with Gasteiger partial charge in [-0.1, -0.05) is 15.0 Å². The summed E-state index contributed by atoms with van der Waals surface area (Å²) in [5.74, 6) is 0. The quantitative estimate of drug-likeness (QED) is 0.444. The molecule has 0 N–H and O–H groups in total. The fourth-order valence-electron chi connectivity index (χ4n) is 0.645. The zero-order valence-electron chi connectivity index (χ0n) is 4.15. The van der Waals surface area contributed by atoms with E-state index in [0.717, 1.165) is 5.66 Å². The highest BCUT2D eigenvalue weighted by molar-refractivity contribution is 7.38. The molecule has 0 nitrogen and oxygen atoms in total. The van der Waals surface area contributed by atoms with E-state index >= 15 is 0 Å². The van der Waals surface area contributed by atoms with Gasteiger partial charge in [0, 0.05) is 0 Å². The first-order valence-electron chi connectivity index (χ1n) is 2.52. The average molecular weight is 101 g/mol. The molecule has 1 heteroatoms. The normalized spacial score (nSPS) is 25.5. The summed E-state index contributed by atoms with van der Waals surface area (Å²) in [5.41, 5.74) is 1.09. The van der Waals surface area contributed by atoms with Crippen LogP contribution in [0.15, 0.2) is 0 Å². The van der Waals surface area contributed by atoms with Crippen LogP contribution in [0.25, 0.3) is 0 Å². The van der Waals surface area contributed by atoms with Crippen LogP contribution in [0, 0.1) is 0 Å². The minimum absolute atomic E-state index is 1.09. The van der Waals surface area contributed by atoms with Gasteiger partial charge in [0.05, 0.1) is 0 Å². The standard InChI is InChI=1S/C5H10P/c1-6-5-3-2-4-5/h5H,2-4H2,1H3. The molecule has 1 radical (unpaired) electrons. The third-order valence-corrected chi connectivity index (χ3v) is 2.69. The molecule has 0 saturated heterocycles. The Balaban J connectivity index is 2.01.